The van der Waals surface area contributed by atoms with Gasteiger partial charge < -0.3 is 14.9 Å². The first-order valence-electron chi connectivity index (χ1n) is 6.14. The Morgan fingerprint density at radius 1 is 1.53 bits per heavy atom. The summed E-state index contributed by atoms with van der Waals surface area (Å²) in [5.41, 5.74) is 0. The summed E-state index contributed by atoms with van der Waals surface area (Å²) in [6, 6.07) is -0.0512. The summed E-state index contributed by atoms with van der Waals surface area (Å²) in [7, 11) is 1.67. The van der Waals surface area contributed by atoms with Gasteiger partial charge in [0.2, 0.25) is 0 Å². The van der Waals surface area contributed by atoms with E-state index in [0.29, 0.717) is 5.92 Å². The zero-order valence-corrected chi connectivity index (χ0v) is 10.8. The van der Waals surface area contributed by atoms with E-state index in [1.54, 1.807) is 14.0 Å². The number of likely N-dealkylation sites (tertiary alicyclic amines) is 1. The van der Waals surface area contributed by atoms with Crippen molar-refractivity contribution in [3.8, 4) is 0 Å². The number of urea groups is 1. The summed E-state index contributed by atoms with van der Waals surface area (Å²) in [4.78, 5) is 26.1. The van der Waals surface area contributed by atoms with Gasteiger partial charge in [-0.15, -0.1) is 0 Å². The number of carboxylic acid groups (broad SMARTS) is 1. The molecular formula is C12H22N2O3. The summed E-state index contributed by atoms with van der Waals surface area (Å²) >= 11 is 0. The van der Waals surface area contributed by atoms with Gasteiger partial charge in [0.25, 0.3) is 0 Å². The third kappa shape index (κ3) is 3.91. The second-order valence-corrected chi connectivity index (χ2v) is 5.10. The van der Waals surface area contributed by atoms with Crippen molar-refractivity contribution in [3.05, 3.63) is 0 Å². The lowest BCUT2D eigenvalue weighted by Gasteiger charge is -2.34. The SMILES string of the molecule is CC1CCCN(C(=O)N(C)CC(C)C(=O)O)C1. The highest BCUT2D eigenvalue weighted by Crippen LogP contribution is 2.16. The zero-order valence-electron chi connectivity index (χ0n) is 10.8. The van der Waals surface area contributed by atoms with Crippen LogP contribution in [-0.2, 0) is 4.79 Å². The normalized spacial score (nSPS) is 22.1. The molecule has 1 N–H and O–H groups in total. The Balaban J connectivity index is 2.48. The van der Waals surface area contributed by atoms with Gasteiger partial charge >= 0.3 is 12.0 Å². The molecule has 0 spiro atoms. The predicted octanol–water partition coefficient (Wildman–Crippen LogP) is 1.49. The van der Waals surface area contributed by atoms with Crippen molar-refractivity contribution in [1.29, 1.82) is 0 Å². The van der Waals surface area contributed by atoms with Crippen molar-refractivity contribution in [2.45, 2.75) is 26.7 Å². The van der Waals surface area contributed by atoms with Crippen LogP contribution in [0.4, 0.5) is 4.79 Å². The molecule has 0 radical (unpaired) electrons. The maximum absolute atomic E-state index is 12.1. The monoisotopic (exact) mass is 242 g/mol. The third-order valence-corrected chi connectivity index (χ3v) is 3.22. The van der Waals surface area contributed by atoms with E-state index >= 15 is 0 Å². The minimum absolute atomic E-state index is 0.0512. The number of carbonyl (C=O) groups is 2. The Hall–Kier alpha value is -1.26. The molecule has 0 aromatic heterocycles. The number of piperidine rings is 1. The lowest BCUT2D eigenvalue weighted by Crippen LogP contribution is -2.47. The van der Waals surface area contributed by atoms with E-state index in [4.69, 9.17) is 5.11 Å². The molecule has 1 fully saturated rings. The fourth-order valence-corrected chi connectivity index (χ4v) is 2.17. The molecule has 1 aliphatic heterocycles. The van der Waals surface area contributed by atoms with Crippen molar-refractivity contribution in [2.75, 3.05) is 26.7 Å². The lowest BCUT2D eigenvalue weighted by atomic mass is 10.0. The van der Waals surface area contributed by atoms with E-state index in [0.717, 1.165) is 19.5 Å². The molecule has 0 bridgehead atoms. The Labute approximate surface area is 102 Å². The number of aliphatic carboxylic acids is 1. The van der Waals surface area contributed by atoms with E-state index in [1.807, 2.05) is 4.90 Å². The van der Waals surface area contributed by atoms with Gasteiger partial charge in [0.15, 0.2) is 0 Å². The molecule has 2 amide bonds. The summed E-state index contributed by atoms with van der Waals surface area (Å²) in [5.74, 6) is -0.846. The van der Waals surface area contributed by atoms with E-state index in [9.17, 15) is 9.59 Å². The van der Waals surface area contributed by atoms with Crippen molar-refractivity contribution in [1.82, 2.24) is 9.80 Å². The largest absolute Gasteiger partial charge is 0.481 e. The Morgan fingerprint density at radius 3 is 2.71 bits per heavy atom. The first-order valence-corrected chi connectivity index (χ1v) is 6.14. The van der Waals surface area contributed by atoms with Crippen molar-refractivity contribution >= 4 is 12.0 Å². The minimum atomic E-state index is -0.864. The maximum Gasteiger partial charge on any atom is 0.319 e. The van der Waals surface area contributed by atoms with Gasteiger partial charge in [0.05, 0.1) is 5.92 Å². The van der Waals surface area contributed by atoms with E-state index in [2.05, 4.69) is 6.92 Å². The topological polar surface area (TPSA) is 60.9 Å². The zero-order chi connectivity index (χ0) is 13.0. The molecule has 1 heterocycles. The predicted molar refractivity (Wildman–Crippen MR) is 64.8 cm³/mol. The number of amides is 2. The second kappa shape index (κ2) is 5.89. The van der Waals surface area contributed by atoms with Gasteiger partial charge in [0, 0.05) is 26.7 Å². The molecule has 2 unspecified atom stereocenters. The van der Waals surface area contributed by atoms with Crippen molar-refractivity contribution < 1.29 is 14.7 Å². The molecule has 5 nitrogen and oxygen atoms in total. The average molecular weight is 242 g/mol. The Kier molecular flexibility index (Phi) is 4.78. The second-order valence-electron chi connectivity index (χ2n) is 5.10. The molecule has 1 saturated heterocycles. The third-order valence-electron chi connectivity index (χ3n) is 3.22. The fraction of sp³-hybridized carbons (Fsp3) is 0.833. The summed E-state index contributed by atoms with van der Waals surface area (Å²) < 4.78 is 0. The number of rotatable bonds is 3. The smallest absolute Gasteiger partial charge is 0.319 e. The summed E-state index contributed by atoms with van der Waals surface area (Å²) in [6.45, 7) is 5.59. The fourth-order valence-electron chi connectivity index (χ4n) is 2.17. The lowest BCUT2D eigenvalue weighted by molar-refractivity contribution is -0.141. The summed E-state index contributed by atoms with van der Waals surface area (Å²) in [5, 5.41) is 8.81. The maximum atomic E-state index is 12.1. The van der Waals surface area contributed by atoms with Crippen LogP contribution in [-0.4, -0.2) is 53.6 Å². The molecule has 2 atom stereocenters. The van der Waals surface area contributed by atoms with Crippen LogP contribution in [0, 0.1) is 11.8 Å². The molecule has 98 valence electrons. The first kappa shape index (κ1) is 13.8. The number of hydrogen-bond donors (Lipinski definition) is 1. The molecule has 1 aliphatic rings. The van der Waals surface area contributed by atoms with Crippen molar-refractivity contribution in [2.24, 2.45) is 11.8 Å². The highest BCUT2D eigenvalue weighted by atomic mass is 16.4. The van der Waals surface area contributed by atoms with Crippen LogP contribution in [0.1, 0.15) is 26.7 Å². The summed E-state index contributed by atoms with van der Waals surface area (Å²) in [6.07, 6.45) is 2.20. The number of nitrogens with zero attached hydrogens (tertiary/aromatic N) is 2. The van der Waals surface area contributed by atoms with Crippen LogP contribution in [0.2, 0.25) is 0 Å². The molecule has 1 rings (SSSR count). The van der Waals surface area contributed by atoms with E-state index in [1.165, 1.54) is 11.3 Å². The van der Waals surface area contributed by atoms with Crippen molar-refractivity contribution in [3.63, 3.8) is 0 Å². The van der Waals surface area contributed by atoms with Gasteiger partial charge in [-0.2, -0.15) is 0 Å². The van der Waals surface area contributed by atoms with Crippen LogP contribution in [0.3, 0.4) is 0 Å². The average Bonchev–Trinajstić information content (AvgIpc) is 2.27. The highest BCUT2D eigenvalue weighted by molar-refractivity contribution is 5.76. The van der Waals surface area contributed by atoms with Gasteiger partial charge in [0.1, 0.15) is 0 Å². The Bertz CT molecular complexity index is 293. The van der Waals surface area contributed by atoms with Gasteiger partial charge in [-0.3, -0.25) is 4.79 Å². The van der Waals surface area contributed by atoms with Crippen LogP contribution < -0.4 is 0 Å². The molecular weight excluding hydrogens is 220 g/mol. The van der Waals surface area contributed by atoms with Gasteiger partial charge in [-0.25, -0.2) is 4.79 Å². The molecule has 0 aromatic rings. The number of carboxylic acids is 1. The number of hydrogen-bond acceptors (Lipinski definition) is 2. The van der Waals surface area contributed by atoms with Crippen LogP contribution >= 0.6 is 0 Å². The molecule has 5 heteroatoms. The molecule has 17 heavy (non-hydrogen) atoms. The molecule has 0 aliphatic carbocycles. The number of carbonyl (C=O) groups excluding carboxylic acids is 1. The van der Waals surface area contributed by atoms with Gasteiger partial charge in [-0.05, 0) is 18.8 Å². The van der Waals surface area contributed by atoms with Crippen LogP contribution in [0.15, 0.2) is 0 Å². The highest BCUT2D eigenvalue weighted by Gasteiger charge is 2.25. The van der Waals surface area contributed by atoms with E-state index < -0.39 is 11.9 Å². The standard InChI is InChI=1S/C12H22N2O3/c1-9-5-4-6-14(7-9)12(17)13(3)8-10(2)11(15)16/h9-10H,4-8H2,1-3H3,(H,15,16). The van der Waals surface area contributed by atoms with Crippen LogP contribution in [0.5, 0.6) is 0 Å². The quantitative estimate of drug-likeness (QED) is 0.815. The molecule has 0 saturated carbocycles. The van der Waals surface area contributed by atoms with Crippen LogP contribution in [0.25, 0.3) is 0 Å². The minimum Gasteiger partial charge on any atom is -0.481 e. The first-order chi connectivity index (χ1) is 7.91. The van der Waals surface area contributed by atoms with E-state index in [-0.39, 0.29) is 12.6 Å². The van der Waals surface area contributed by atoms with Gasteiger partial charge in [-0.1, -0.05) is 13.8 Å². The Morgan fingerprint density at radius 2 is 2.18 bits per heavy atom. The molecule has 0 aromatic carbocycles.